The van der Waals surface area contributed by atoms with Crippen LogP contribution in [0.4, 0.5) is 4.39 Å². The Balaban J connectivity index is 1.24. The molecule has 0 aliphatic carbocycles. The van der Waals surface area contributed by atoms with E-state index in [9.17, 15) is 9.18 Å². The zero-order valence-electron chi connectivity index (χ0n) is 23.3. The van der Waals surface area contributed by atoms with Crippen molar-refractivity contribution in [3.05, 3.63) is 70.7 Å². The molecule has 0 bridgehead atoms. The summed E-state index contributed by atoms with van der Waals surface area (Å²) in [5.41, 5.74) is 5.33. The minimum absolute atomic E-state index is 0.153. The predicted octanol–water partition coefficient (Wildman–Crippen LogP) is 4.04. The van der Waals surface area contributed by atoms with Crippen molar-refractivity contribution < 1.29 is 9.18 Å². The molecule has 0 atom stereocenters. The number of likely N-dealkylation sites (N-methyl/N-ethyl adjacent to an activating group) is 1. The summed E-state index contributed by atoms with van der Waals surface area (Å²) in [4.78, 5) is 23.2. The summed E-state index contributed by atoms with van der Waals surface area (Å²) in [6.45, 7) is 14.8. The fourth-order valence-electron chi connectivity index (χ4n) is 5.99. The largest absolute Gasteiger partial charge is 0.344 e. The maximum Gasteiger partial charge on any atom is 0.256 e. The molecule has 0 saturated carbocycles. The molecule has 2 aliphatic heterocycles. The smallest absolute Gasteiger partial charge is 0.256 e. The van der Waals surface area contributed by atoms with Gasteiger partial charge in [0.05, 0.1) is 5.56 Å². The monoisotopic (exact) mass is 519 g/mol. The van der Waals surface area contributed by atoms with Crippen LogP contribution in [0.3, 0.4) is 0 Å². The molecule has 38 heavy (non-hydrogen) atoms. The van der Waals surface area contributed by atoms with E-state index in [1.165, 1.54) is 17.1 Å². The van der Waals surface area contributed by atoms with Gasteiger partial charge in [-0.3, -0.25) is 9.69 Å². The van der Waals surface area contributed by atoms with E-state index in [1.807, 2.05) is 11.0 Å². The fourth-order valence-corrected chi connectivity index (χ4v) is 5.99. The number of fused-ring (bicyclic) bond motifs is 1. The average Bonchev–Trinajstić information content (AvgIpc) is 3.18. The Bertz CT molecular complexity index is 1250. The first-order valence-electron chi connectivity index (χ1n) is 14.2. The summed E-state index contributed by atoms with van der Waals surface area (Å²) >= 11 is 0. The first-order chi connectivity index (χ1) is 18.4. The number of hydrogen-bond acceptors (Lipinski definition) is 4. The lowest BCUT2D eigenvalue weighted by Gasteiger charge is -2.35. The predicted molar refractivity (Wildman–Crippen MR) is 152 cm³/mol. The Morgan fingerprint density at radius 3 is 2.29 bits per heavy atom. The number of benzene rings is 2. The zero-order chi connectivity index (χ0) is 26.6. The summed E-state index contributed by atoms with van der Waals surface area (Å²) in [6.07, 6.45) is 1.91. The van der Waals surface area contributed by atoms with Gasteiger partial charge in [-0.05, 0) is 70.1 Å². The van der Waals surface area contributed by atoms with E-state index in [-0.39, 0.29) is 11.7 Å². The van der Waals surface area contributed by atoms with E-state index < -0.39 is 0 Å². The molecular formula is C31H42FN5O. The number of halogens is 1. The van der Waals surface area contributed by atoms with Crippen LogP contribution < -0.4 is 0 Å². The first kappa shape index (κ1) is 26.9. The highest BCUT2D eigenvalue weighted by Gasteiger charge is 2.27. The zero-order valence-corrected chi connectivity index (χ0v) is 23.3. The lowest BCUT2D eigenvalue weighted by molar-refractivity contribution is 0.0639. The molecule has 2 aliphatic rings. The maximum absolute atomic E-state index is 13.9. The summed E-state index contributed by atoms with van der Waals surface area (Å²) < 4.78 is 15.9. The van der Waals surface area contributed by atoms with Gasteiger partial charge in [-0.15, -0.1) is 0 Å². The van der Waals surface area contributed by atoms with Gasteiger partial charge >= 0.3 is 0 Å². The highest BCUT2D eigenvalue weighted by molar-refractivity contribution is 6.08. The van der Waals surface area contributed by atoms with Crippen LogP contribution in [0.1, 0.15) is 33.6 Å². The number of aryl methyl sites for hydroxylation is 2. The molecule has 2 aromatic carbocycles. The third-order valence-electron chi connectivity index (χ3n) is 8.41. The van der Waals surface area contributed by atoms with Crippen LogP contribution in [0.2, 0.25) is 0 Å². The van der Waals surface area contributed by atoms with Crippen LogP contribution in [0, 0.1) is 19.7 Å². The topological polar surface area (TPSA) is 35.0 Å². The van der Waals surface area contributed by atoms with Crippen molar-refractivity contribution in [3.8, 4) is 0 Å². The molecule has 2 saturated heterocycles. The number of nitrogens with zero attached hydrogens (tertiary/aromatic N) is 5. The number of carbonyl (C=O) groups excluding carboxylic acids is 1. The van der Waals surface area contributed by atoms with E-state index in [0.29, 0.717) is 0 Å². The van der Waals surface area contributed by atoms with Crippen molar-refractivity contribution in [3.63, 3.8) is 0 Å². The second-order valence-corrected chi connectivity index (χ2v) is 11.1. The maximum atomic E-state index is 13.9. The molecule has 0 N–H and O–H groups in total. The summed E-state index contributed by atoms with van der Waals surface area (Å²) in [6, 6.07) is 13.4. The number of aromatic nitrogens is 1. The molecule has 1 amide bonds. The molecule has 0 spiro atoms. The molecule has 204 valence electrons. The van der Waals surface area contributed by atoms with Gasteiger partial charge in [-0.1, -0.05) is 23.8 Å². The summed E-state index contributed by atoms with van der Waals surface area (Å²) in [5, 5.41) is 1.08. The van der Waals surface area contributed by atoms with Crippen molar-refractivity contribution in [1.29, 1.82) is 0 Å². The molecule has 6 nitrogen and oxygen atoms in total. The third-order valence-corrected chi connectivity index (χ3v) is 8.41. The van der Waals surface area contributed by atoms with Gasteiger partial charge in [0, 0.05) is 82.0 Å². The van der Waals surface area contributed by atoms with Gasteiger partial charge in [0.15, 0.2) is 0 Å². The number of rotatable bonds is 8. The van der Waals surface area contributed by atoms with Crippen LogP contribution in [-0.4, -0.2) is 103 Å². The first-order valence-corrected chi connectivity index (χ1v) is 14.2. The normalized spacial score (nSPS) is 17.9. The van der Waals surface area contributed by atoms with Crippen molar-refractivity contribution in [2.45, 2.75) is 33.2 Å². The highest BCUT2D eigenvalue weighted by atomic mass is 19.1. The SMILES string of the molecule is Cc1ccc2c(c1)c(C(=O)N1CCN(CCc3cccc(F)c3)CC1)c(C)n2CCCN1CCN(C)CC1. The van der Waals surface area contributed by atoms with Crippen molar-refractivity contribution in [2.24, 2.45) is 0 Å². The third kappa shape index (κ3) is 6.11. The number of hydrogen-bond donors (Lipinski definition) is 0. The van der Waals surface area contributed by atoms with E-state index in [2.05, 4.69) is 58.4 Å². The molecule has 0 unspecified atom stereocenters. The molecule has 0 radical (unpaired) electrons. The summed E-state index contributed by atoms with van der Waals surface area (Å²) in [7, 11) is 2.19. The molecule has 3 heterocycles. The van der Waals surface area contributed by atoms with E-state index in [1.54, 1.807) is 12.1 Å². The molecule has 2 fully saturated rings. The average molecular weight is 520 g/mol. The Morgan fingerprint density at radius 1 is 0.842 bits per heavy atom. The molecular weight excluding hydrogens is 477 g/mol. The van der Waals surface area contributed by atoms with Crippen molar-refractivity contribution >= 4 is 16.8 Å². The molecule has 1 aromatic heterocycles. The lowest BCUT2D eigenvalue weighted by atomic mass is 10.1. The van der Waals surface area contributed by atoms with Crippen LogP contribution in [0.25, 0.3) is 10.9 Å². The van der Waals surface area contributed by atoms with Gasteiger partial charge in [-0.2, -0.15) is 0 Å². The fraction of sp³-hybridized carbons (Fsp3) is 0.516. The van der Waals surface area contributed by atoms with Crippen LogP contribution >= 0.6 is 0 Å². The Morgan fingerprint density at radius 2 is 1.55 bits per heavy atom. The minimum Gasteiger partial charge on any atom is -0.344 e. The highest BCUT2D eigenvalue weighted by Crippen LogP contribution is 2.29. The van der Waals surface area contributed by atoms with Crippen LogP contribution in [0.5, 0.6) is 0 Å². The Kier molecular flexibility index (Phi) is 8.46. The summed E-state index contributed by atoms with van der Waals surface area (Å²) in [5.74, 6) is -0.0253. The Hall–Kier alpha value is -2.74. The van der Waals surface area contributed by atoms with E-state index in [0.717, 1.165) is 107 Å². The minimum atomic E-state index is -0.179. The Labute approximate surface area is 226 Å². The second kappa shape index (κ2) is 12.0. The number of carbonyl (C=O) groups is 1. The van der Waals surface area contributed by atoms with Crippen LogP contribution in [0.15, 0.2) is 42.5 Å². The van der Waals surface area contributed by atoms with Gasteiger partial charge in [0.25, 0.3) is 5.91 Å². The number of amides is 1. The van der Waals surface area contributed by atoms with Crippen LogP contribution in [-0.2, 0) is 13.0 Å². The van der Waals surface area contributed by atoms with Gasteiger partial charge in [-0.25, -0.2) is 4.39 Å². The van der Waals surface area contributed by atoms with Gasteiger partial charge in [0.1, 0.15) is 5.82 Å². The molecule has 3 aromatic rings. The van der Waals surface area contributed by atoms with Crippen molar-refractivity contribution in [1.82, 2.24) is 24.2 Å². The van der Waals surface area contributed by atoms with E-state index >= 15 is 0 Å². The van der Waals surface area contributed by atoms with E-state index in [4.69, 9.17) is 0 Å². The second-order valence-electron chi connectivity index (χ2n) is 11.1. The lowest BCUT2D eigenvalue weighted by Crippen LogP contribution is -2.49. The van der Waals surface area contributed by atoms with Crippen molar-refractivity contribution in [2.75, 3.05) is 72.5 Å². The molecule has 7 heteroatoms. The van der Waals surface area contributed by atoms with Gasteiger partial charge in [0.2, 0.25) is 0 Å². The quantitative estimate of drug-likeness (QED) is 0.450. The number of piperazine rings is 2. The molecule has 5 rings (SSSR count). The van der Waals surface area contributed by atoms with Gasteiger partial charge < -0.3 is 19.3 Å². The standard InChI is InChI=1S/C31H42FN5O/c1-24-8-9-29-28(22-24)30(25(2)37(29)12-5-11-34-16-14-33(3)15-17-34)31(38)36-20-18-35(19-21-36)13-10-26-6-4-7-27(32)23-26/h4,6-9,22-23H,5,10-21H2,1-3H3.